The Kier molecular flexibility index (Phi) is 21.5. The summed E-state index contributed by atoms with van der Waals surface area (Å²) >= 11 is 11.3. The van der Waals surface area contributed by atoms with E-state index >= 15 is 0 Å². The first-order valence-corrected chi connectivity index (χ1v) is 25.0. The summed E-state index contributed by atoms with van der Waals surface area (Å²) in [6.07, 6.45) is 9.81. The zero-order chi connectivity index (χ0) is 57.7. The van der Waals surface area contributed by atoms with Crippen LogP contribution < -0.4 is 16.0 Å². The molecule has 0 saturated heterocycles. The fourth-order valence-corrected chi connectivity index (χ4v) is 7.89. The van der Waals surface area contributed by atoms with Gasteiger partial charge in [-0.25, -0.2) is 29.9 Å². The molecule has 0 fully saturated rings. The second-order valence-electron chi connectivity index (χ2n) is 15.2. The molecule has 0 aromatic carbocycles. The Hall–Kier alpha value is -8.03. The molecule has 2 radical (unpaired) electrons. The molecule has 0 saturated carbocycles. The molecule has 0 spiro atoms. The van der Waals surface area contributed by atoms with Gasteiger partial charge in [-0.05, 0) is 67.1 Å². The lowest BCUT2D eigenvalue weighted by atomic mass is 10.3. The standard InChI is InChI=1S/C18H14F3N7OS.C10H11N5.C8H4BrF3N2OS.C6H7ClN2.C4H5N3.BH/c1-10-11(2)25-15(8-24-10)28(14-7-22-5-6-23-14)9-12-3-4-13(30-12)16-26-17(29-27-16)18(19,20)21;1-7-8(2)14-10(6-13-7)15-9-5-11-3-4-12-9;9-3-4-1-2-5(16-4)6-13-7(15-14-6)8(10,11)12;1-4-5(2)9-6(7)3-8-4;5-4-3-6-1-2-7-4;/h3-8H,9H2,1-2H3;3-6H,1-2H3,(H,12,14,15);1-2H,3H2;3H,1-2H3;1-3H,(H2,5,7);1H/i;;;;;1T. The number of nitrogens with zero attached hydrogens (tertiary/aromatic N) is 17. The molecule has 0 unspecified atom stereocenters. The minimum absolute atomic E-state index is 0.0375. The third-order valence-electron chi connectivity index (χ3n) is 9.59. The summed E-state index contributed by atoms with van der Waals surface area (Å²) in [5.74, 6) is 0.0861. The van der Waals surface area contributed by atoms with E-state index in [1.807, 2.05) is 46.4 Å². The minimum atomic E-state index is -4.68. The van der Waals surface area contributed by atoms with E-state index in [9.17, 15) is 26.3 Å². The number of nitrogen functional groups attached to an aromatic ring is 1. The highest BCUT2D eigenvalue weighted by atomic mass is 79.9. The van der Waals surface area contributed by atoms with Gasteiger partial charge in [-0.2, -0.15) is 36.3 Å². The van der Waals surface area contributed by atoms with Gasteiger partial charge in [0.1, 0.15) is 22.6 Å². The molecular weight excluding hydrogens is 1150 g/mol. The number of thiophene rings is 2. The predicted molar refractivity (Wildman–Crippen MR) is 284 cm³/mol. The maximum Gasteiger partial charge on any atom is 0.471 e. The molecular formula is C46H42BBrClF6N19O2S2. The van der Waals surface area contributed by atoms with Gasteiger partial charge in [0.15, 0.2) is 11.6 Å². The van der Waals surface area contributed by atoms with Crippen LogP contribution in [0.3, 0.4) is 0 Å². The summed E-state index contributed by atoms with van der Waals surface area (Å²) in [7, 11) is 3.75. The van der Waals surface area contributed by atoms with Crippen LogP contribution in [0.25, 0.3) is 21.4 Å². The Labute approximate surface area is 464 Å². The maximum atomic E-state index is 12.7. The molecule has 0 bridgehead atoms. The predicted octanol–water partition coefficient (Wildman–Crippen LogP) is 10.8. The zero-order valence-corrected chi connectivity index (χ0v) is 45.5. The monoisotopic (exact) mass is 1200 g/mol. The summed E-state index contributed by atoms with van der Waals surface area (Å²) in [6, 6.07) is 6.87. The van der Waals surface area contributed by atoms with E-state index in [0.29, 0.717) is 55.9 Å². The molecule has 0 aliphatic carbocycles. The van der Waals surface area contributed by atoms with Gasteiger partial charge < -0.3 is 25.0 Å². The SMILES string of the molecule is Cc1ncc(Cl)nc1C.Cc1ncc(N(Cc2ccc(-c3noc(C(F)(F)F)n3)s2)c2cnccn2)nc1C.Cc1ncc(Nc2cnccn2)nc1C.FC(F)(F)c1nc(-c2ccc(CBr)s2)no1.Nc1cnccn1.[3H][B]. The number of aromatic nitrogens is 16. The van der Waals surface area contributed by atoms with Crippen molar-refractivity contribution in [1.82, 2.24) is 80.1 Å². The largest absolute Gasteiger partial charge is 0.471 e. The number of aryl methyl sites for hydroxylation is 6. The number of rotatable bonds is 9. The summed E-state index contributed by atoms with van der Waals surface area (Å²) in [5, 5.41) is 10.8. The Morgan fingerprint density at radius 1 is 0.577 bits per heavy atom. The van der Waals surface area contributed by atoms with Crippen molar-refractivity contribution in [3.8, 4) is 21.4 Å². The Bertz CT molecular complexity index is 3450. The number of nitrogens with two attached hydrogens (primary N) is 1. The van der Waals surface area contributed by atoms with E-state index < -0.39 is 24.1 Å². The summed E-state index contributed by atoms with van der Waals surface area (Å²) in [4.78, 5) is 60.6. The van der Waals surface area contributed by atoms with Crippen LogP contribution in [0.2, 0.25) is 5.15 Å². The zero-order valence-electron chi connectivity index (χ0n) is 42.6. The van der Waals surface area contributed by atoms with Gasteiger partial charge in [0.25, 0.3) is 0 Å². The molecule has 0 amide bonds. The van der Waals surface area contributed by atoms with Crippen molar-refractivity contribution in [3.05, 3.63) is 159 Å². The smallest absolute Gasteiger partial charge is 0.382 e. The van der Waals surface area contributed by atoms with Crippen LogP contribution in [0, 0.1) is 41.5 Å². The molecule has 10 heterocycles. The van der Waals surface area contributed by atoms with Gasteiger partial charge in [-0.15, -0.1) is 22.7 Å². The van der Waals surface area contributed by atoms with E-state index in [-0.39, 0.29) is 11.6 Å². The normalized spacial score (nSPS) is 10.8. The van der Waals surface area contributed by atoms with E-state index in [2.05, 4.69) is 119 Å². The number of halogens is 8. The van der Waals surface area contributed by atoms with Crippen molar-refractivity contribution in [2.24, 2.45) is 0 Å². The van der Waals surface area contributed by atoms with E-state index in [1.165, 1.54) is 28.9 Å². The minimum Gasteiger partial charge on any atom is -0.382 e. The van der Waals surface area contributed by atoms with Gasteiger partial charge in [0.2, 0.25) is 11.6 Å². The topological polar surface area (TPSA) is 274 Å². The second-order valence-corrected chi connectivity index (χ2v) is 18.5. The molecule has 0 aliphatic rings. The average Bonchev–Trinajstić information content (AvgIpc) is 4.31. The molecule has 32 heteroatoms. The number of hydrogen-bond acceptors (Lipinski definition) is 23. The van der Waals surface area contributed by atoms with Crippen LogP contribution in [0.1, 0.15) is 55.7 Å². The van der Waals surface area contributed by atoms with Gasteiger partial charge >= 0.3 is 24.1 Å². The van der Waals surface area contributed by atoms with Crippen LogP contribution in [0.5, 0.6) is 0 Å². The molecule has 21 nitrogen and oxygen atoms in total. The van der Waals surface area contributed by atoms with Gasteiger partial charge in [-0.1, -0.05) is 37.8 Å². The third kappa shape index (κ3) is 18.3. The molecule has 0 atom stereocenters. The van der Waals surface area contributed by atoms with Crippen molar-refractivity contribution in [3.63, 3.8) is 0 Å². The number of hydrogen-bond donors (Lipinski definition) is 2. The van der Waals surface area contributed by atoms with Crippen molar-refractivity contribution in [1.29, 1.82) is 1.34 Å². The third-order valence-corrected chi connectivity index (χ3v) is 12.9. The van der Waals surface area contributed by atoms with Gasteiger partial charge in [0, 0.05) is 60.6 Å². The molecule has 10 rings (SSSR count). The van der Waals surface area contributed by atoms with Crippen molar-refractivity contribution in [2.45, 2.75) is 65.8 Å². The summed E-state index contributed by atoms with van der Waals surface area (Å²) < 4.78 is 88.4. The first-order valence-electron chi connectivity index (χ1n) is 22.4. The summed E-state index contributed by atoms with van der Waals surface area (Å²) in [5.41, 5.74) is 10.4. The van der Waals surface area contributed by atoms with E-state index in [0.717, 1.165) is 43.9 Å². The van der Waals surface area contributed by atoms with Crippen LogP contribution in [0.15, 0.2) is 108 Å². The lowest BCUT2D eigenvalue weighted by Crippen LogP contribution is -2.19. The Balaban J connectivity index is 0.000000198. The van der Waals surface area contributed by atoms with Gasteiger partial charge in [0.05, 0.1) is 87.6 Å². The van der Waals surface area contributed by atoms with Crippen molar-refractivity contribution < 1.29 is 35.4 Å². The Morgan fingerprint density at radius 2 is 1.09 bits per heavy atom. The first kappa shape index (κ1) is 59.2. The molecule has 0 aliphatic heterocycles. The van der Waals surface area contributed by atoms with Crippen LogP contribution in [-0.2, 0) is 24.2 Å². The summed E-state index contributed by atoms with van der Waals surface area (Å²) in [6.45, 7) is 11.7. The highest BCUT2D eigenvalue weighted by molar-refractivity contribution is 9.08. The molecule has 404 valence electrons. The second kappa shape index (κ2) is 28.4. The van der Waals surface area contributed by atoms with Gasteiger partial charge in [-0.3, -0.25) is 29.9 Å². The van der Waals surface area contributed by atoms with E-state index in [1.54, 1.807) is 92.4 Å². The fraction of sp³-hybridized carbons (Fsp3) is 0.217. The van der Waals surface area contributed by atoms with Crippen molar-refractivity contribution in [2.75, 3.05) is 16.0 Å². The van der Waals surface area contributed by atoms with Crippen LogP contribution in [-0.4, -0.2) is 89.8 Å². The van der Waals surface area contributed by atoms with Crippen LogP contribution >= 0.6 is 50.2 Å². The number of nitrogens with one attached hydrogen (secondary N) is 1. The van der Waals surface area contributed by atoms with Crippen molar-refractivity contribution >= 4 is 87.7 Å². The Morgan fingerprint density at radius 3 is 1.53 bits per heavy atom. The highest BCUT2D eigenvalue weighted by Crippen LogP contribution is 2.34. The lowest BCUT2D eigenvalue weighted by Gasteiger charge is -2.22. The molecule has 10 aromatic rings. The number of anilines is 5. The average molecular weight is 1200 g/mol. The highest BCUT2D eigenvalue weighted by Gasteiger charge is 2.39. The quantitative estimate of drug-likeness (QED) is 0.0772. The number of alkyl halides is 7. The fourth-order valence-electron chi connectivity index (χ4n) is 5.48. The molecule has 3 N–H and O–H groups in total. The first-order chi connectivity index (χ1) is 37.7. The molecule has 78 heavy (non-hydrogen) atoms. The molecule has 10 aromatic heterocycles. The lowest BCUT2D eigenvalue weighted by molar-refractivity contribution is -0.160. The van der Waals surface area contributed by atoms with Crippen LogP contribution in [0.4, 0.5) is 55.4 Å². The maximum absolute atomic E-state index is 12.7. The van der Waals surface area contributed by atoms with E-state index in [4.69, 9.17) is 18.7 Å².